The molecule has 14 nitrogen and oxygen atoms in total. The molecule has 36 heavy (non-hydrogen) atoms. The van der Waals surface area contributed by atoms with Gasteiger partial charge in [0, 0.05) is 61.9 Å². The van der Waals surface area contributed by atoms with Gasteiger partial charge in [0.2, 0.25) is 0 Å². The van der Waals surface area contributed by atoms with Crippen LogP contribution in [0.2, 0.25) is 0 Å². The Morgan fingerprint density at radius 3 is 1.03 bits per heavy atom. The maximum Gasteiger partial charge on any atom is 0.323 e. The van der Waals surface area contributed by atoms with Crippen molar-refractivity contribution in [2.75, 3.05) is 71.1 Å². The van der Waals surface area contributed by atoms with Crippen molar-refractivity contribution in [1.82, 2.24) is 0 Å². The molecule has 0 aromatic rings. The predicted octanol–water partition coefficient (Wildman–Crippen LogP) is 0.294. The molecule has 0 aliphatic heterocycles. The van der Waals surface area contributed by atoms with Crippen LogP contribution in [0.3, 0.4) is 0 Å². The van der Waals surface area contributed by atoms with Gasteiger partial charge in [-0.05, 0) is 0 Å². The van der Waals surface area contributed by atoms with Crippen LogP contribution in [-0.2, 0) is 66.5 Å². The van der Waals surface area contributed by atoms with Gasteiger partial charge in [-0.1, -0.05) is 0 Å². The fourth-order valence-electron chi connectivity index (χ4n) is 3.04. The molecule has 0 spiro atoms. The van der Waals surface area contributed by atoms with Crippen molar-refractivity contribution in [1.29, 1.82) is 0 Å². The van der Waals surface area contributed by atoms with Crippen LogP contribution in [-0.4, -0.2) is 114 Å². The molecule has 0 heterocycles. The summed E-state index contributed by atoms with van der Waals surface area (Å²) in [5.41, 5.74) is -1.66. The van der Waals surface area contributed by atoms with Gasteiger partial charge in [-0.25, -0.2) is 0 Å². The maximum atomic E-state index is 12.2. The number of hydrogen-bond donors (Lipinski definition) is 0. The molecule has 0 fully saturated rings. The average molecular weight is 529 g/mol. The normalized spacial score (nSPS) is 11.3. The van der Waals surface area contributed by atoms with Crippen LogP contribution in [0.5, 0.6) is 0 Å². The summed E-state index contributed by atoms with van der Waals surface area (Å²) in [6.07, 6.45) is -2.36. The van der Waals surface area contributed by atoms with Crippen molar-refractivity contribution >= 4 is 23.9 Å². The molecular formula is C22H40O14. The quantitative estimate of drug-likeness (QED) is 0.116. The summed E-state index contributed by atoms with van der Waals surface area (Å²) in [7, 11) is 13.2. The second-order valence-corrected chi connectivity index (χ2v) is 7.01. The number of hydrogen-bond acceptors (Lipinski definition) is 14. The van der Waals surface area contributed by atoms with Crippen LogP contribution in [0.1, 0.15) is 19.3 Å². The van der Waals surface area contributed by atoms with E-state index in [1.165, 1.54) is 71.1 Å². The second kappa shape index (κ2) is 19.8. The Kier molecular flexibility index (Phi) is 19.7. The van der Waals surface area contributed by atoms with E-state index in [0.717, 1.165) is 0 Å². The summed E-state index contributed by atoms with van der Waals surface area (Å²) in [6, 6.07) is 0. The van der Waals surface area contributed by atoms with E-state index in [1.807, 2.05) is 0 Å². The molecule has 212 valence electrons. The van der Waals surface area contributed by atoms with Crippen molar-refractivity contribution in [2.45, 2.75) is 38.1 Å². The smallest absolute Gasteiger partial charge is 0.323 e. The van der Waals surface area contributed by atoms with Crippen molar-refractivity contribution in [3.8, 4) is 0 Å². The number of ether oxygens (including phenoxy) is 10. The highest BCUT2D eigenvalue weighted by molar-refractivity contribution is 6.00. The highest BCUT2D eigenvalue weighted by Gasteiger charge is 2.52. The fourth-order valence-corrected chi connectivity index (χ4v) is 3.04. The SMILES string of the molecule is COC(=O)C(CC(OC)OC)(CC(OC)OC)C(=O)OC.COC(=O)C(CC(OC)OC)C(=O)OC. The minimum atomic E-state index is -1.66. The third kappa shape index (κ3) is 11.1. The monoisotopic (exact) mass is 528 g/mol. The average Bonchev–Trinajstić information content (AvgIpc) is 2.92. The molecule has 0 unspecified atom stereocenters. The lowest BCUT2D eigenvalue weighted by Crippen LogP contribution is -2.47. The zero-order chi connectivity index (χ0) is 28.3. The van der Waals surface area contributed by atoms with Crippen LogP contribution < -0.4 is 0 Å². The lowest BCUT2D eigenvalue weighted by Gasteiger charge is -2.32. The number of carbonyl (C=O) groups excluding carboxylic acids is 4. The Hall–Kier alpha value is -2.36. The van der Waals surface area contributed by atoms with E-state index in [0.29, 0.717) is 0 Å². The Bertz CT molecular complexity index is 593. The first-order valence-corrected chi connectivity index (χ1v) is 10.5. The van der Waals surface area contributed by atoms with E-state index >= 15 is 0 Å². The van der Waals surface area contributed by atoms with E-state index in [2.05, 4.69) is 9.47 Å². The molecule has 0 aliphatic rings. The largest absolute Gasteiger partial charge is 0.468 e. The minimum absolute atomic E-state index is 0.0619. The Balaban J connectivity index is 0. The molecule has 0 amide bonds. The van der Waals surface area contributed by atoms with Crippen LogP contribution in [0.25, 0.3) is 0 Å². The highest BCUT2D eigenvalue weighted by Crippen LogP contribution is 2.35. The van der Waals surface area contributed by atoms with Gasteiger partial charge in [-0.15, -0.1) is 0 Å². The van der Waals surface area contributed by atoms with Gasteiger partial charge in [0.25, 0.3) is 0 Å². The molecule has 0 bridgehead atoms. The summed E-state index contributed by atoms with van der Waals surface area (Å²) in [5, 5.41) is 0. The fraction of sp³-hybridized carbons (Fsp3) is 0.818. The zero-order valence-electron chi connectivity index (χ0n) is 22.6. The van der Waals surface area contributed by atoms with Gasteiger partial charge < -0.3 is 47.4 Å². The molecule has 0 saturated carbocycles. The molecule has 0 aliphatic carbocycles. The summed E-state index contributed by atoms with van der Waals surface area (Å²) >= 11 is 0. The molecule has 0 saturated heterocycles. The molecule has 0 N–H and O–H groups in total. The lowest BCUT2D eigenvalue weighted by atomic mass is 9.80. The van der Waals surface area contributed by atoms with Crippen molar-refractivity contribution in [3.63, 3.8) is 0 Å². The van der Waals surface area contributed by atoms with Crippen molar-refractivity contribution in [2.24, 2.45) is 11.3 Å². The van der Waals surface area contributed by atoms with E-state index in [4.69, 9.17) is 37.9 Å². The molecule has 14 heteroatoms. The Morgan fingerprint density at radius 2 is 0.806 bits per heavy atom. The van der Waals surface area contributed by atoms with Gasteiger partial charge >= 0.3 is 23.9 Å². The third-order valence-electron chi connectivity index (χ3n) is 5.16. The summed E-state index contributed by atoms with van der Waals surface area (Å²) in [5.74, 6) is -3.90. The molecule has 0 atom stereocenters. The highest BCUT2D eigenvalue weighted by atomic mass is 16.7. The van der Waals surface area contributed by atoms with Gasteiger partial charge in [0.05, 0.1) is 28.4 Å². The Labute approximate surface area is 211 Å². The van der Waals surface area contributed by atoms with Crippen LogP contribution in [0.15, 0.2) is 0 Å². The molecule has 0 aromatic carbocycles. The first-order chi connectivity index (χ1) is 17.0. The van der Waals surface area contributed by atoms with Crippen molar-refractivity contribution < 1.29 is 66.5 Å². The van der Waals surface area contributed by atoms with Gasteiger partial charge in [0.1, 0.15) is 0 Å². The molecule has 0 aromatic heterocycles. The summed E-state index contributed by atoms with van der Waals surface area (Å²) < 4.78 is 48.5. The van der Waals surface area contributed by atoms with Crippen LogP contribution in [0.4, 0.5) is 0 Å². The van der Waals surface area contributed by atoms with Gasteiger partial charge in [0.15, 0.2) is 30.2 Å². The molecule has 0 radical (unpaired) electrons. The number of methoxy groups -OCH3 is 10. The summed E-state index contributed by atoms with van der Waals surface area (Å²) in [6.45, 7) is 0. The van der Waals surface area contributed by atoms with E-state index < -0.39 is 54.1 Å². The van der Waals surface area contributed by atoms with E-state index in [9.17, 15) is 19.2 Å². The third-order valence-corrected chi connectivity index (χ3v) is 5.16. The maximum absolute atomic E-state index is 12.2. The lowest BCUT2D eigenvalue weighted by molar-refractivity contribution is -0.195. The second-order valence-electron chi connectivity index (χ2n) is 7.01. The topological polar surface area (TPSA) is 161 Å². The van der Waals surface area contributed by atoms with Crippen LogP contribution >= 0.6 is 0 Å². The van der Waals surface area contributed by atoms with E-state index in [1.54, 1.807) is 0 Å². The Morgan fingerprint density at radius 1 is 0.500 bits per heavy atom. The predicted molar refractivity (Wildman–Crippen MR) is 121 cm³/mol. The standard InChI is InChI=1S/C13H24O8.C9H16O6/c1-16-9(17-2)7-13(11(14)20-5,12(15)21-6)8-10(18-3)19-4;1-12-7(13-2)5-6(8(10)14-3)9(11)15-4/h9-10H,7-8H2,1-6H3;6-7H,5H2,1-4H3. The minimum Gasteiger partial charge on any atom is -0.468 e. The first-order valence-electron chi connectivity index (χ1n) is 10.5. The number of carbonyl (C=O) groups is 4. The van der Waals surface area contributed by atoms with Crippen LogP contribution in [0, 0.1) is 11.3 Å². The summed E-state index contributed by atoms with van der Waals surface area (Å²) in [4.78, 5) is 46.9. The number of esters is 4. The van der Waals surface area contributed by atoms with E-state index in [-0.39, 0.29) is 19.3 Å². The first kappa shape index (κ1) is 35.8. The molecule has 0 rings (SSSR count). The van der Waals surface area contributed by atoms with Gasteiger partial charge in [-0.2, -0.15) is 0 Å². The number of rotatable bonds is 16. The van der Waals surface area contributed by atoms with Crippen molar-refractivity contribution in [3.05, 3.63) is 0 Å². The zero-order valence-corrected chi connectivity index (χ0v) is 22.6. The molecular weight excluding hydrogens is 488 g/mol. The van der Waals surface area contributed by atoms with Gasteiger partial charge in [-0.3, -0.25) is 19.2 Å².